The lowest BCUT2D eigenvalue weighted by Crippen LogP contribution is -2.36. The molecule has 0 N–H and O–H groups in total. The van der Waals surface area contributed by atoms with Crippen molar-refractivity contribution in [1.29, 1.82) is 0 Å². The average molecular weight is 262 g/mol. The topological polar surface area (TPSA) is 52.6 Å². The normalized spacial score (nSPS) is 21.3. The van der Waals surface area contributed by atoms with Gasteiger partial charge in [0.15, 0.2) is 12.2 Å². The molecule has 0 bridgehead atoms. The van der Waals surface area contributed by atoms with Gasteiger partial charge >= 0.3 is 11.9 Å². The molecule has 0 spiro atoms. The number of ether oxygens (including phenoxy) is 2. The molecule has 19 heavy (non-hydrogen) atoms. The fourth-order valence-electron chi connectivity index (χ4n) is 1.47. The summed E-state index contributed by atoms with van der Waals surface area (Å²) in [5.41, 5.74) is 1.40. The molecule has 0 aromatic carbocycles. The molecule has 0 saturated heterocycles. The Morgan fingerprint density at radius 2 is 1.63 bits per heavy atom. The molecule has 1 aliphatic carbocycles. The van der Waals surface area contributed by atoms with Gasteiger partial charge in [-0.15, -0.1) is 0 Å². The van der Waals surface area contributed by atoms with Crippen LogP contribution in [-0.2, 0) is 19.1 Å². The quantitative estimate of drug-likeness (QED) is 0.577. The Morgan fingerprint density at radius 1 is 1.11 bits per heavy atom. The molecule has 0 aromatic heterocycles. The summed E-state index contributed by atoms with van der Waals surface area (Å²) < 4.78 is 10.5. The molecule has 0 heterocycles. The molecule has 0 saturated carbocycles. The monoisotopic (exact) mass is 262 g/mol. The van der Waals surface area contributed by atoms with Crippen LogP contribution < -0.4 is 0 Å². The molecule has 0 unspecified atom stereocenters. The third-order valence-electron chi connectivity index (χ3n) is 2.58. The summed E-state index contributed by atoms with van der Waals surface area (Å²) in [6.07, 6.45) is 3.97. The van der Waals surface area contributed by atoms with Crippen LogP contribution in [-0.4, -0.2) is 24.1 Å². The van der Waals surface area contributed by atoms with Gasteiger partial charge in [-0.05, 0) is 32.4 Å². The zero-order valence-electron chi connectivity index (χ0n) is 11.4. The van der Waals surface area contributed by atoms with Crippen LogP contribution in [0.1, 0.15) is 20.8 Å². The Labute approximate surface area is 113 Å². The summed E-state index contributed by atoms with van der Waals surface area (Å²) in [5.74, 6) is -1.02. The van der Waals surface area contributed by atoms with Crippen molar-refractivity contribution in [2.75, 3.05) is 0 Å². The van der Waals surface area contributed by atoms with Gasteiger partial charge in [0.05, 0.1) is 0 Å². The van der Waals surface area contributed by atoms with E-state index < -0.39 is 24.1 Å². The summed E-state index contributed by atoms with van der Waals surface area (Å²) in [5, 5.41) is 0. The van der Waals surface area contributed by atoms with Crippen molar-refractivity contribution in [3.8, 4) is 0 Å². The van der Waals surface area contributed by atoms with Gasteiger partial charge in [-0.3, -0.25) is 0 Å². The zero-order valence-corrected chi connectivity index (χ0v) is 11.4. The molecule has 0 aromatic rings. The zero-order chi connectivity index (χ0) is 14.6. The second-order valence-electron chi connectivity index (χ2n) is 4.55. The van der Waals surface area contributed by atoms with Gasteiger partial charge in [-0.2, -0.15) is 0 Å². The summed E-state index contributed by atoms with van der Waals surface area (Å²) in [4.78, 5) is 23.1. The maximum absolute atomic E-state index is 11.6. The van der Waals surface area contributed by atoms with Gasteiger partial charge in [-0.25, -0.2) is 9.59 Å². The SMILES string of the molecule is C=C(C)C(=O)O[C@H]1C=CC=C(C)[C@H]1OC(=O)C(=C)C. The maximum atomic E-state index is 11.6. The Bertz CT molecular complexity index is 482. The lowest BCUT2D eigenvalue weighted by Gasteiger charge is -2.27. The molecule has 0 amide bonds. The molecule has 2 atom stereocenters. The summed E-state index contributed by atoms with van der Waals surface area (Å²) in [6.45, 7) is 12.0. The van der Waals surface area contributed by atoms with E-state index in [1.54, 1.807) is 26.0 Å². The Hall–Kier alpha value is -2.10. The van der Waals surface area contributed by atoms with Crippen LogP contribution in [0.4, 0.5) is 0 Å². The van der Waals surface area contributed by atoms with E-state index in [0.717, 1.165) is 5.57 Å². The van der Waals surface area contributed by atoms with Crippen LogP contribution in [0.2, 0.25) is 0 Å². The number of esters is 2. The van der Waals surface area contributed by atoms with Crippen molar-refractivity contribution < 1.29 is 19.1 Å². The number of rotatable bonds is 4. The first-order valence-electron chi connectivity index (χ1n) is 5.91. The largest absolute Gasteiger partial charge is 0.450 e. The second-order valence-corrected chi connectivity index (χ2v) is 4.55. The van der Waals surface area contributed by atoms with Crippen molar-refractivity contribution in [1.82, 2.24) is 0 Å². The van der Waals surface area contributed by atoms with Crippen LogP contribution in [0, 0.1) is 0 Å². The first-order chi connectivity index (χ1) is 8.82. The molecule has 4 nitrogen and oxygen atoms in total. The fourth-order valence-corrected chi connectivity index (χ4v) is 1.47. The van der Waals surface area contributed by atoms with Crippen LogP contribution in [0.3, 0.4) is 0 Å². The van der Waals surface area contributed by atoms with Crippen molar-refractivity contribution in [3.05, 3.63) is 48.1 Å². The van der Waals surface area contributed by atoms with Crippen LogP contribution in [0.25, 0.3) is 0 Å². The number of hydrogen-bond donors (Lipinski definition) is 0. The summed E-state index contributed by atoms with van der Waals surface area (Å²) in [6, 6.07) is 0. The van der Waals surface area contributed by atoms with Crippen LogP contribution in [0.5, 0.6) is 0 Å². The van der Waals surface area contributed by atoms with Gasteiger partial charge in [0.25, 0.3) is 0 Å². The summed E-state index contributed by atoms with van der Waals surface area (Å²) >= 11 is 0. The van der Waals surface area contributed by atoms with Crippen molar-refractivity contribution >= 4 is 11.9 Å². The van der Waals surface area contributed by atoms with E-state index in [9.17, 15) is 9.59 Å². The fraction of sp³-hybridized carbons (Fsp3) is 0.333. The number of carbonyl (C=O) groups excluding carboxylic acids is 2. The first-order valence-corrected chi connectivity index (χ1v) is 5.91. The van der Waals surface area contributed by atoms with E-state index in [-0.39, 0.29) is 0 Å². The Morgan fingerprint density at radius 3 is 2.16 bits per heavy atom. The van der Waals surface area contributed by atoms with E-state index in [2.05, 4.69) is 13.2 Å². The van der Waals surface area contributed by atoms with E-state index in [1.807, 2.05) is 13.0 Å². The van der Waals surface area contributed by atoms with Crippen molar-refractivity contribution in [2.45, 2.75) is 33.0 Å². The van der Waals surface area contributed by atoms with Gasteiger partial charge < -0.3 is 9.47 Å². The van der Waals surface area contributed by atoms with Gasteiger partial charge in [0.1, 0.15) is 0 Å². The van der Waals surface area contributed by atoms with E-state index in [0.29, 0.717) is 11.1 Å². The highest BCUT2D eigenvalue weighted by atomic mass is 16.6. The lowest BCUT2D eigenvalue weighted by atomic mass is 10.00. The molecule has 0 aliphatic heterocycles. The van der Waals surface area contributed by atoms with Crippen molar-refractivity contribution in [3.63, 3.8) is 0 Å². The highest BCUT2D eigenvalue weighted by Gasteiger charge is 2.30. The third-order valence-corrected chi connectivity index (χ3v) is 2.58. The molecule has 102 valence electrons. The minimum atomic E-state index is -0.641. The maximum Gasteiger partial charge on any atom is 0.333 e. The Balaban J connectivity index is 2.83. The van der Waals surface area contributed by atoms with E-state index >= 15 is 0 Å². The minimum absolute atomic E-state index is 0.297. The summed E-state index contributed by atoms with van der Waals surface area (Å²) in [7, 11) is 0. The van der Waals surface area contributed by atoms with Crippen LogP contribution >= 0.6 is 0 Å². The molecular weight excluding hydrogens is 244 g/mol. The highest BCUT2D eigenvalue weighted by Crippen LogP contribution is 2.21. The lowest BCUT2D eigenvalue weighted by molar-refractivity contribution is -0.156. The standard InChI is InChI=1S/C15H18O4/c1-9(2)14(16)18-12-8-6-7-11(5)13(12)19-15(17)10(3)4/h6-8,12-13H,1,3H2,2,4-5H3/t12-,13+/m0/s1. The molecule has 1 rings (SSSR count). The molecule has 0 radical (unpaired) electrons. The highest BCUT2D eigenvalue weighted by molar-refractivity contribution is 5.88. The second kappa shape index (κ2) is 6.18. The Kier molecular flexibility index (Phi) is 4.87. The molecule has 1 aliphatic rings. The first kappa shape index (κ1) is 15.0. The van der Waals surface area contributed by atoms with Gasteiger partial charge in [0, 0.05) is 11.1 Å². The number of carbonyl (C=O) groups is 2. The number of allylic oxidation sites excluding steroid dienone is 2. The predicted molar refractivity (Wildman–Crippen MR) is 72.3 cm³/mol. The van der Waals surface area contributed by atoms with E-state index in [4.69, 9.17) is 9.47 Å². The predicted octanol–water partition coefficient (Wildman–Crippen LogP) is 2.48. The molecule has 0 fully saturated rings. The average Bonchev–Trinajstić information content (AvgIpc) is 2.32. The van der Waals surface area contributed by atoms with Gasteiger partial charge in [-0.1, -0.05) is 25.3 Å². The van der Waals surface area contributed by atoms with Crippen LogP contribution in [0.15, 0.2) is 48.1 Å². The van der Waals surface area contributed by atoms with Crippen molar-refractivity contribution in [2.24, 2.45) is 0 Å². The van der Waals surface area contributed by atoms with Gasteiger partial charge in [0.2, 0.25) is 0 Å². The molecule has 4 heteroatoms. The third kappa shape index (κ3) is 3.95. The minimum Gasteiger partial charge on any atom is -0.450 e. The number of hydrogen-bond acceptors (Lipinski definition) is 4. The smallest absolute Gasteiger partial charge is 0.333 e. The molecular formula is C15H18O4. The van der Waals surface area contributed by atoms with E-state index in [1.165, 1.54) is 0 Å².